The largest absolute Gasteiger partial charge is 0.431 e. The van der Waals surface area contributed by atoms with E-state index in [-0.39, 0.29) is 16.6 Å². The fraction of sp³-hybridized carbons (Fsp3) is 0.263. The summed E-state index contributed by atoms with van der Waals surface area (Å²) in [5.74, 6) is -0.0303. The second kappa shape index (κ2) is 8.34. The average Bonchev–Trinajstić information content (AvgIpc) is 3.08. The Morgan fingerprint density at radius 2 is 1.96 bits per heavy atom. The molecular formula is C19H21N3O4S2. The minimum atomic E-state index is -3.55. The van der Waals surface area contributed by atoms with Crippen molar-refractivity contribution < 1.29 is 17.6 Å². The van der Waals surface area contributed by atoms with Crippen molar-refractivity contribution in [2.75, 3.05) is 25.2 Å². The van der Waals surface area contributed by atoms with Crippen molar-refractivity contribution in [2.24, 2.45) is 0 Å². The van der Waals surface area contributed by atoms with Crippen LogP contribution in [0.2, 0.25) is 0 Å². The number of benzene rings is 2. The van der Waals surface area contributed by atoms with Crippen molar-refractivity contribution in [2.45, 2.75) is 23.5 Å². The van der Waals surface area contributed by atoms with Crippen LogP contribution in [0.3, 0.4) is 0 Å². The maximum Gasteiger partial charge on any atom is 0.257 e. The number of para-hydroxylation sites is 1. The minimum Gasteiger partial charge on any atom is -0.431 e. The van der Waals surface area contributed by atoms with E-state index in [4.69, 9.17) is 4.42 Å². The Labute approximate surface area is 168 Å². The van der Waals surface area contributed by atoms with Crippen LogP contribution < -0.4 is 5.32 Å². The number of fused-ring (bicyclic) bond motifs is 1. The Kier molecular flexibility index (Phi) is 6.07. The van der Waals surface area contributed by atoms with Gasteiger partial charge in [-0.3, -0.25) is 4.79 Å². The molecule has 0 aliphatic heterocycles. The molecule has 0 unspecified atom stereocenters. The number of oxazole rings is 1. The van der Waals surface area contributed by atoms with Crippen LogP contribution in [0.1, 0.15) is 12.5 Å². The first-order chi connectivity index (χ1) is 13.3. The molecule has 1 amide bonds. The topological polar surface area (TPSA) is 92.5 Å². The van der Waals surface area contributed by atoms with Crippen molar-refractivity contribution in [3.8, 4) is 0 Å². The third-order valence-corrected chi connectivity index (χ3v) is 6.76. The highest BCUT2D eigenvalue weighted by Gasteiger charge is 2.19. The van der Waals surface area contributed by atoms with E-state index in [2.05, 4.69) is 10.3 Å². The maximum absolute atomic E-state index is 12.2. The van der Waals surface area contributed by atoms with Gasteiger partial charge in [0, 0.05) is 19.8 Å². The summed E-state index contributed by atoms with van der Waals surface area (Å²) in [6.07, 6.45) is 0.826. The molecule has 2 aromatic carbocycles. The number of nitrogens with zero attached hydrogens (tertiary/aromatic N) is 2. The molecule has 0 spiro atoms. The lowest BCUT2D eigenvalue weighted by atomic mass is 10.1. The number of carbonyl (C=O) groups is 1. The SMILES string of the molecule is CCc1ccccc1NC(=O)CSc1nc2cc(S(=O)(=O)N(C)C)ccc2o1. The molecule has 0 fully saturated rings. The maximum atomic E-state index is 12.2. The summed E-state index contributed by atoms with van der Waals surface area (Å²) in [5.41, 5.74) is 2.77. The number of aryl methyl sites for hydroxylation is 1. The highest BCUT2D eigenvalue weighted by molar-refractivity contribution is 7.99. The molecule has 1 heterocycles. The lowest BCUT2D eigenvalue weighted by Crippen LogP contribution is -2.22. The standard InChI is InChI=1S/C19H21N3O4S2/c1-4-13-7-5-6-8-15(13)20-18(23)12-27-19-21-16-11-14(9-10-17(16)26-19)28(24,25)22(2)3/h5-11H,4,12H2,1-3H3,(H,20,23). The highest BCUT2D eigenvalue weighted by Crippen LogP contribution is 2.26. The van der Waals surface area contributed by atoms with Gasteiger partial charge in [-0.25, -0.2) is 17.7 Å². The summed E-state index contributed by atoms with van der Waals surface area (Å²) in [4.78, 5) is 16.7. The van der Waals surface area contributed by atoms with E-state index in [1.54, 1.807) is 6.07 Å². The van der Waals surface area contributed by atoms with E-state index in [1.807, 2.05) is 31.2 Å². The second-order valence-electron chi connectivity index (χ2n) is 6.24. The summed E-state index contributed by atoms with van der Waals surface area (Å²) in [6, 6.07) is 12.2. The average molecular weight is 420 g/mol. The molecule has 0 saturated heterocycles. The number of carbonyl (C=O) groups excluding carboxylic acids is 1. The number of nitrogens with one attached hydrogen (secondary N) is 1. The lowest BCUT2D eigenvalue weighted by Gasteiger charge is -2.10. The van der Waals surface area contributed by atoms with E-state index in [9.17, 15) is 13.2 Å². The van der Waals surface area contributed by atoms with Crippen LogP contribution in [0.4, 0.5) is 5.69 Å². The van der Waals surface area contributed by atoms with Gasteiger partial charge in [-0.1, -0.05) is 36.9 Å². The third-order valence-electron chi connectivity index (χ3n) is 4.12. The quantitative estimate of drug-likeness (QED) is 0.590. The van der Waals surface area contributed by atoms with Crippen LogP contribution in [0, 0.1) is 0 Å². The summed E-state index contributed by atoms with van der Waals surface area (Å²) in [7, 11) is -0.603. The van der Waals surface area contributed by atoms with E-state index >= 15 is 0 Å². The summed E-state index contributed by atoms with van der Waals surface area (Å²) in [5, 5.41) is 3.21. The van der Waals surface area contributed by atoms with Gasteiger partial charge in [0.2, 0.25) is 15.9 Å². The summed E-state index contributed by atoms with van der Waals surface area (Å²) >= 11 is 1.16. The molecule has 3 rings (SSSR count). The smallest absolute Gasteiger partial charge is 0.257 e. The number of amides is 1. The van der Waals surface area contributed by atoms with Gasteiger partial charge in [-0.15, -0.1) is 0 Å². The molecule has 1 N–H and O–H groups in total. The molecule has 1 aromatic heterocycles. The first kappa shape index (κ1) is 20.4. The van der Waals surface area contributed by atoms with Crippen molar-refractivity contribution in [3.05, 3.63) is 48.0 Å². The molecule has 0 bridgehead atoms. The van der Waals surface area contributed by atoms with Crippen LogP contribution >= 0.6 is 11.8 Å². The zero-order valence-electron chi connectivity index (χ0n) is 15.8. The Bertz CT molecular complexity index is 1110. The Morgan fingerprint density at radius 3 is 2.68 bits per heavy atom. The van der Waals surface area contributed by atoms with E-state index < -0.39 is 10.0 Å². The number of anilines is 1. The molecule has 0 aliphatic rings. The van der Waals surface area contributed by atoms with Gasteiger partial charge in [-0.05, 0) is 36.2 Å². The monoisotopic (exact) mass is 419 g/mol. The number of sulfonamides is 1. The molecule has 0 radical (unpaired) electrons. The molecule has 0 aliphatic carbocycles. The first-order valence-corrected chi connectivity index (χ1v) is 11.1. The van der Waals surface area contributed by atoms with Crippen LogP contribution in [-0.2, 0) is 21.2 Å². The Hall–Kier alpha value is -2.36. The normalized spacial score (nSPS) is 11.9. The molecule has 148 valence electrons. The molecule has 7 nitrogen and oxygen atoms in total. The molecule has 3 aromatic rings. The number of aromatic nitrogens is 1. The van der Waals surface area contributed by atoms with Gasteiger partial charge < -0.3 is 9.73 Å². The van der Waals surface area contributed by atoms with Crippen molar-refractivity contribution in [1.82, 2.24) is 9.29 Å². The zero-order valence-corrected chi connectivity index (χ0v) is 17.4. The first-order valence-electron chi connectivity index (χ1n) is 8.65. The molecular weight excluding hydrogens is 398 g/mol. The summed E-state index contributed by atoms with van der Waals surface area (Å²) in [6.45, 7) is 2.03. The summed E-state index contributed by atoms with van der Waals surface area (Å²) < 4.78 is 31.2. The molecule has 28 heavy (non-hydrogen) atoms. The van der Waals surface area contributed by atoms with Crippen LogP contribution in [0.5, 0.6) is 0 Å². The third kappa shape index (κ3) is 4.37. The van der Waals surface area contributed by atoms with E-state index in [0.717, 1.165) is 33.7 Å². The van der Waals surface area contributed by atoms with Crippen molar-refractivity contribution in [3.63, 3.8) is 0 Å². The van der Waals surface area contributed by atoms with E-state index in [0.29, 0.717) is 16.3 Å². The highest BCUT2D eigenvalue weighted by atomic mass is 32.2. The Balaban J connectivity index is 1.70. The van der Waals surface area contributed by atoms with Gasteiger partial charge in [0.25, 0.3) is 5.22 Å². The van der Waals surface area contributed by atoms with Crippen molar-refractivity contribution >= 4 is 44.5 Å². The van der Waals surface area contributed by atoms with Gasteiger partial charge in [0.05, 0.1) is 10.6 Å². The minimum absolute atomic E-state index is 0.133. The van der Waals surface area contributed by atoms with Crippen LogP contribution in [-0.4, -0.2) is 43.5 Å². The van der Waals surface area contributed by atoms with Crippen LogP contribution in [0.25, 0.3) is 11.1 Å². The Morgan fingerprint density at radius 1 is 1.21 bits per heavy atom. The second-order valence-corrected chi connectivity index (χ2v) is 9.32. The van der Waals surface area contributed by atoms with E-state index in [1.165, 1.54) is 26.2 Å². The lowest BCUT2D eigenvalue weighted by molar-refractivity contribution is -0.113. The molecule has 0 atom stereocenters. The molecule has 9 heteroatoms. The predicted octanol–water partition coefficient (Wildman–Crippen LogP) is 3.37. The van der Waals surface area contributed by atoms with Gasteiger partial charge in [0.1, 0.15) is 5.52 Å². The number of hydrogen-bond donors (Lipinski definition) is 1. The number of hydrogen-bond acceptors (Lipinski definition) is 6. The zero-order chi connectivity index (χ0) is 20.3. The molecule has 0 saturated carbocycles. The number of rotatable bonds is 7. The van der Waals surface area contributed by atoms with Gasteiger partial charge in [0.15, 0.2) is 5.58 Å². The fourth-order valence-electron chi connectivity index (χ4n) is 2.58. The predicted molar refractivity (Wildman–Crippen MR) is 110 cm³/mol. The number of thioether (sulfide) groups is 1. The van der Waals surface area contributed by atoms with Crippen molar-refractivity contribution in [1.29, 1.82) is 0 Å². The van der Waals surface area contributed by atoms with Gasteiger partial charge in [-0.2, -0.15) is 0 Å². The fourth-order valence-corrected chi connectivity index (χ4v) is 4.14. The van der Waals surface area contributed by atoms with Gasteiger partial charge >= 0.3 is 0 Å². The van der Waals surface area contributed by atoms with Crippen LogP contribution in [0.15, 0.2) is 57.0 Å².